The van der Waals surface area contributed by atoms with Crippen LogP contribution in [0.5, 0.6) is 0 Å². The Hall–Kier alpha value is -2.51. The van der Waals surface area contributed by atoms with E-state index in [4.69, 9.17) is 9.47 Å². The maximum Gasteiger partial charge on any atom is 0.306 e. The van der Waals surface area contributed by atoms with Crippen LogP contribution in [0.3, 0.4) is 0 Å². The zero-order chi connectivity index (χ0) is 20.4. The highest BCUT2D eigenvalue weighted by Crippen LogP contribution is 2.18. The lowest BCUT2D eigenvalue weighted by Crippen LogP contribution is -2.23. The number of benzene rings is 1. The van der Waals surface area contributed by atoms with E-state index in [2.05, 4.69) is 0 Å². The first kappa shape index (κ1) is 22.5. The lowest BCUT2D eigenvalue weighted by Gasteiger charge is -2.20. The Morgan fingerprint density at radius 1 is 1.22 bits per heavy atom. The van der Waals surface area contributed by atoms with E-state index in [-0.39, 0.29) is 48.5 Å². The number of carbonyl (C=O) groups is 2. The molecule has 0 heterocycles. The summed E-state index contributed by atoms with van der Waals surface area (Å²) in [4.78, 5) is 33.6. The molecule has 0 aliphatic rings. The zero-order valence-electron chi connectivity index (χ0n) is 15.9. The van der Waals surface area contributed by atoms with Gasteiger partial charge in [-0.25, -0.2) is 4.39 Å². The summed E-state index contributed by atoms with van der Waals surface area (Å²) in [5.41, 5.74) is -0.353. The van der Waals surface area contributed by atoms with Crippen LogP contribution in [0.4, 0.5) is 10.1 Å². The minimum atomic E-state index is -0.687. The van der Waals surface area contributed by atoms with E-state index in [1.807, 2.05) is 20.8 Å². The van der Waals surface area contributed by atoms with E-state index in [1.54, 1.807) is 0 Å². The van der Waals surface area contributed by atoms with Gasteiger partial charge >= 0.3 is 11.9 Å². The highest BCUT2D eigenvalue weighted by atomic mass is 19.1. The van der Waals surface area contributed by atoms with Gasteiger partial charge in [0, 0.05) is 30.5 Å². The lowest BCUT2D eigenvalue weighted by atomic mass is 10.0. The van der Waals surface area contributed by atoms with Gasteiger partial charge in [0.1, 0.15) is 18.5 Å². The number of carbonyl (C=O) groups excluding carboxylic acids is 2. The number of non-ortho nitro benzene ring substituents is 1. The van der Waals surface area contributed by atoms with Gasteiger partial charge in [-0.1, -0.05) is 27.2 Å². The minimum Gasteiger partial charge on any atom is -0.462 e. The number of nitro groups is 1. The van der Waals surface area contributed by atoms with Crippen LogP contribution in [0.25, 0.3) is 0 Å². The van der Waals surface area contributed by atoms with Crippen LogP contribution >= 0.6 is 0 Å². The molecule has 0 spiro atoms. The molecule has 1 atom stereocenters. The van der Waals surface area contributed by atoms with Gasteiger partial charge in [0.25, 0.3) is 5.69 Å². The maximum atomic E-state index is 13.6. The van der Waals surface area contributed by atoms with Gasteiger partial charge in [0.15, 0.2) is 0 Å². The van der Waals surface area contributed by atoms with Gasteiger partial charge in [-0.3, -0.25) is 19.7 Å². The average Bonchev–Trinajstić information content (AvgIpc) is 2.60. The molecule has 27 heavy (non-hydrogen) atoms. The molecule has 150 valence electrons. The molecule has 7 nitrogen and oxygen atoms in total. The molecule has 0 radical (unpaired) electrons. The van der Waals surface area contributed by atoms with Crippen LogP contribution in [-0.4, -0.2) is 23.0 Å². The molecule has 0 saturated heterocycles. The van der Waals surface area contributed by atoms with E-state index in [0.717, 1.165) is 31.0 Å². The topological polar surface area (TPSA) is 95.7 Å². The first-order valence-corrected chi connectivity index (χ1v) is 9.02. The van der Waals surface area contributed by atoms with Gasteiger partial charge in [-0.05, 0) is 24.8 Å². The van der Waals surface area contributed by atoms with Crippen molar-refractivity contribution in [2.75, 3.05) is 0 Å². The fraction of sp³-hybridized carbons (Fsp3) is 0.579. The molecule has 0 saturated carbocycles. The van der Waals surface area contributed by atoms with E-state index >= 15 is 0 Å². The Morgan fingerprint density at radius 3 is 2.48 bits per heavy atom. The lowest BCUT2D eigenvalue weighted by molar-refractivity contribution is -0.385. The molecule has 0 amide bonds. The van der Waals surface area contributed by atoms with Crippen molar-refractivity contribution < 1.29 is 28.4 Å². The molecular weight excluding hydrogens is 357 g/mol. The average molecular weight is 383 g/mol. The summed E-state index contributed by atoms with van der Waals surface area (Å²) in [6, 6.07) is 3.02. The van der Waals surface area contributed by atoms with Crippen LogP contribution in [0.15, 0.2) is 18.2 Å². The zero-order valence-corrected chi connectivity index (χ0v) is 15.9. The van der Waals surface area contributed by atoms with E-state index in [9.17, 15) is 24.1 Å². The second kappa shape index (κ2) is 11.3. The summed E-state index contributed by atoms with van der Waals surface area (Å²) < 4.78 is 24.0. The van der Waals surface area contributed by atoms with Crippen molar-refractivity contribution in [2.24, 2.45) is 5.92 Å². The molecule has 0 fully saturated rings. The molecule has 1 aromatic rings. The van der Waals surface area contributed by atoms with E-state index < -0.39 is 23.3 Å². The summed E-state index contributed by atoms with van der Waals surface area (Å²) >= 11 is 0. The molecule has 0 N–H and O–H groups in total. The van der Waals surface area contributed by atoms with Gasteiger partial charge in [-0.2, -0.15) is 0 Å². The van der Waals surface area contributed by atoms with Gasteiger partial charge in [0.2, 0.25) is 0 Å². The van der Waals surface area contributed by atoms with Crippen LogP contribution in [-0.2, 0) is 25.7 Å². The third-order valence-corrected chi connectivity index (χ3v) is 3.99. The SMILES string of the molecule is CCCC(OC(=O)CCCC(=O)OCc1cc([N+](=O)[O-])ccc1F)C(C)C. The summed E-state index contributed by atoms with van der Waals surface area (Å²) in [5, 5.41) is 10.7. The largest absolute Gasteiger partial charge is 0.462 e. The second-order valence-electron chi connectivity index (χ2n) is 6.61. The fourth-order valence-electron chi connectivity index (χ4n) is 2.43. The quantitative estimate of drug-likeness (QED) is 0.321. The van der Waals surface area contributed by atoms with E-state index in [1.165, 1.54) is 0 Å². The van der Waals surface area contributed by atoms with Gasteiger partial charge < -0.3 is 9.47 Å². The monoisotopic (exact) mass is 383 g/mol. The normalized spacial score (nSPS) is 11.9. The molecule has 0 aliphatic heterocycles. The molecule has 1 aromatic carbocycles. The van der Waals surface area contributed by atoms with Crippen LogP contribution < -0.4 is 0 Å². The number of nitrogens with zero attached hydrogens (tertiary/aromatic N) is 1. The summed E-state index contributed by atoms with van der Waals surface area (Å²) in [5.74, 6) is -1.43. The molecule has 0 aromatic heterocycles. The molecule has 0 aliphatic carbocycles. The predicted octanol–water partition coefficient (Wildman–Crippen LogP) is 4.32. The molecule has 1 rings (SSSR count). The van der Waals surface area contributed by atoms with Crippen molar-refractivity contribution in [1.29, 1.82) is 0 Å². The van der Waals surface area contributed by atoms with Crippen molar-refractivity contribution in [3.8, 4) is 0 Å². The van der Waals surface area contributed by atoms with Gasteiger partial charge in [0.05, 0.1) is 4.92 Å². The number of hydrogen-bond acceptors (Lipinski definition) is 6. The number of rotatable bonds is 11. The third-order valence-electron chi connectivity index (χ3n) is 3.99. The summed E-state index contributed by atoms with van der Waals surface area (Å²) in [6.07, 6.45) is 1.90. The van der Waals surface area contributed by atoms with Crippen LogP contribution in [0, 0.1) is 21.8 Å². The fourth-order valence-corrected chi connectivity index (χ4v) is 2.43. The number of nitro benzene ring substituents is 1. The highest BCUT2D eigenvalue weighted by Gasteiger charge is 2.18. The van der Waals surface area contributed by atoms with Crippen molar-refractivity contribution in [3.05, 3.63) is 39.7 Å². The Morgan fingerprint density at radius 2 is 1.89 bits per heavy atom. The molecule has 1 unspecified atom stereocenters. The predicted molar refractivity (Wildman–Crippen MR) is 96.3 cm³/mol. The Balaban J connectivity index is 2.38. The standard InChI is InChI=1S/C19H26FNO6/c1-4-6-17(13(2)3)27-19(23)8-5-7-18(22)26-12-14-11-15(21(24)25)9-10-16(14)20/h9-11,13,17H,4-8,12H2,1-3H3. The second-order valence-corrected chi connectivity index (χ2v) is 6.61. The summed E-state index contributed by atoms with van der Waals surface area (Å²) in [7, 11) is 0. The Bertz CT molecular complexity index is 662. The molecule has 8 heteroatoms. The van der Waals surface area contributed by atoms with Crippen LogP contribution in [0.2, 0.25) is 0 Å². The van der Waals surface area contributed by atoms with Crippen molar-refractivity contribution in [3.63, 3.8) is 0 Å². The van der Waals surface area contributed by atoms with Crippen molar-refractivity contribution in [1.82, 2.24) is 0 Å². The first-order valence-electron chi connectivity index (χ1n) is 9.02. The Labute approximate surface area is 158 Å². The smallest absolute Gasteiger partial charge is 0.306 e. The first-order chi connectivity index (χ1) is 12.7. The molecule has 0 bridgehead atoms. The van der Waals surface area contributed by atoms with Gasteiger partial charge in [-0.15, -0.1) is 0 Å². The number of halogens is 1. The highest BCUT2D eigenvalue weighted by molar-refractivity contribution is 5.72. The number of hydrogen-bond donors (Lipinski definition) is 0. The summed E-state index contributed by atoms with van der Waals surface area (Å²) in [6.45, 7) is 5.59. The Kier molecular flexibility index (Phi) is 9.39. The minimum absolute atomic E-state index is 0.0221. The number of ether oxygens (including phenoxy) is 2. The number of esters is 2. The van der Waals surface area contributed by atoms with Crippen molar-refractivity contribution in [2.45, 2.75) is 65.6 Å². The third kappa shape index (κ3) is 8.15. The van der Waals surface area contributed by atoms with Crippen molar-refractivity contribution >= 4 is 17.6 Å². The maximum absolute atomic E-state index is 13.6. The van der Waals surface area contributed by atoms with Crippen LogP contribution in [0.1, 0.15) is 58.4 Å². The molecular formula is C19H26FNO6. The van der Waals surface area contributed by atoms with E-state index in [0.29, 0.717) is 0 Å².